The molecule has 0 aliphatic heterocycles. The summed E-state index contributed by atoms with van der Waals surface area (Å²) in [5.74, 6) is 18.0. The standard InChI is InChI=1S/C20H22O/c21-20-5-1-3-7-4-2-6(20)11-9(4)14-12(7)13-8(3)10(5)17-15(13)16(14)18(11)19(17)20/h3-19,21H,1-2H2/t3-,4+,5-,6-,7?,8+,9-,10-,11-,12?,13+,14-,15+,16+,17-,18+,19?,20?/m1/s1. The maximum absolute atomic E-state index is 12.1. The summed E-state index contributed by atoms with van der Waals surface area (Å²) in [4.78, 5) is 0. The average molecular weight is 278 g/mol. The van der Waals surface area contributed by atoms with Crippen LogP contribution < -0.4 is 0 Å². The van der Waals surface area contributed by atoms with Crippen LogP contribution in [-0.2, 0) is 0 Å². The van der Waals surface area contributed by atoms with Crippen molar-refractivity contribution >= 4 is 0 Å². The van der Waals surface area contributed by atoms with Crippen LogP contribution in [0.5, 0.6) is 0 Å². The third kappa shape index (κ3) is 0.496. The van der Waals surface area contributed by atoms with E-state index >= 15 is 0 Å². The average Bonchev–Trinajstić information content (AvgIpc) is 3.11. The lowest BCUT2D eigenvalue weighted by molar-refractivity contribution is -0.0840. The van der Waals surface area contributed by atoms with Crippen molar-refractivity contribution in [1.82, 2.24) is 0 Å². The van der Waals surface area contributed by atoms with Crippen molar-refractivity contribution in [2.75, 3.05) is 0 Å². The molecule has 10 aliphatic carbocycles. The molecule has 0 spiro atoms. The quantitative estimate of drug-likeness (QED) is 0.719. The Morgan fingerprint density at radius 1 is 0.524 bits per heavy atom. The minimum absolute atomic E-state index is 0.136. The first-order valence-electron chi connectivity index (χ1n) is 10.1. The van der Waals surface area contributed by atoms with E-state index in [2.05, 4.69) is 0 Å². The fourth-order valence-electron chi connectivity index (χ4n) is 14.1. The van der Waals surface area contributed by atoms with Crippen LogP contribution in [0.3, 0.4) is 0 Å². The second-order valence-corrected chi connectivity index (χ2v) is 11.4. The summed E-state index contributed by atoms with van der Waals surface area (Å²) in [5, 5.41) is 12.1. The van der Waals surface area contributed by atoms with Crippen LogP contribution in [0.4, 0.5) is 0 Å². The summed E-state index contributed by atoms with van der Waals surface area (Å²) in [6.07, 6.45) is 2.97. The first-order valence-corrected chi connectivity index (χ1v) is 10.1. The van der Waals surface area contributed by atoms with Gasteiger partial charge in [0.1, 0.15) is 0 Å². The minimum atomic E-state index is -0.136. The molecule has 1 heteroatoms. The Balaban J connectivity index is 1.50. The molecule has 1 N–H and O–H groups in total. The van der Waals surface area contributed by atoms with Crippen LogP contribution in [0.25, 0.3) is 0 Å². The smallest absolute Gasteiger partial charge is 0.0743 e. The zero-order valence-electron chi connectivity index (χ0n) is 12.2. The van der Waals surface area contributed by atoms with E-state index in [9.17, 15) is 5.11 Å². The molecule has 0 amide bonds. The highest BCUT2D eigenvalue weighted by molar-refractivity contribution is 5.42. The third-order valence-electron chi connectivity index (χ3n) is 12.7. The predicted octanol–water partition coefficient (Wildman–Crippen LogP) is 2.11. The van der Waals surface area contributed by atoms with E-state index < -0.39 is 0 Å². The molecule has 4 unspecified atom stereocenters. The molecule has 0 aromatic carbocycles. The van der Waals surface area contributed by atoms with E-state index in [4.69, 9.17) is 0 Å². The minimum Gasteiger partial charge on any atom is -0.389 e. The number of hydrogen-bond donors (Lipinski definition) is 1. The van der Waals surface area contributed by atoms with Crippen molar-refractivity contribution in [2.24, 2.45) is 101 Å². The second-order valence-electron chi connectivity index (χ2n) is 11.4. The van der Waals surface area contributed by atoms with Crippen LogP contribution >= 0.6 is 0 Å². The van der Waals surface area contributed by atoms with Crippen molar-refractivity contribution < 1.29 is 5.11 Å². The zero-order valence-corrected chi connectivity index (χ0v) is 12.2. The Kier molecular flexibility index (Phi) is 0.914. The van der Waals surface area contributed by atoms with E-state index in [0.717, 1.165) is 76.9 Å². The van der Waals surface area contributed by atoms with Gasteiger partial charge in [-0.1, -0.05) is 0 Å². The van der Waals surface area contributed by atoms with Crippen LogP contribution in [0.15, 0.2) is 0 Å². The molecular weight excluding hydrogens is 256 g/mol. The molecule has 10 aliphatic rings. The number of hydrogen-bond acceptors (Lipinski definition) is 1. The van der Waals surface area contributed by atoms with Crippen LogP contribution in [0, 0.1) is 101 Å². The van der Waals surface area contributed by atoms with Crippen LogP contribution in [-0.4, -0.2) is 10.7 Å². The molecule has 0 bridgehead atoms. The van der Waals surface area contributed by atoms with Gasteiger partial charge in [0.15, 0.2) is 0 Å². The third-order valence-corrected chi connectivity index (χ3v) is 12.7. The first-order chi connectivity index (χ1) is 10.3. The molecule has 0 aromatic heterocycles. The SMILES string of the molecule is OC12C3[C@@H]4[C@H]5[C@H]6C7C([C@H]8C[C@@H]1[C@H]1[C@@H]3[C@H]5[C@H]7[C@H]18)[C@@H]1C[C@@H]2[C@@H]4[C@H]61. The fraction of sp³-hybridized carbons (Fsp3) is 1.00. The van der Waals surface area contributed by atoms with Crippen molar-refractivity contribution in [3.63, 3.8) is 0 Å². The molecule has 0 radical (unpaired) electrons. The molecule has 21 heavy (non-hydrogen) atoms. The van der Waals surface area contributed by atoms with Gasteiger partial charge in [-0.3, -0.25) is 0 Å². The maximum Gasteiger partial charge on any atom is 0.0743 e. The Bertz CT molecular complexity index is 635. The number of aliphatic hydroxyl groups is 1. The molecule has 1 nitrogen and oxygen atoms in total. The fourth-order valence-corrected chi connectivity index (χ4v) is 14.1. The summed E-state index contributed by atoms with van der Waals surface area (Å²) >= 11 is 0. The van der Waals surface area contributed by atoms with Gasteiger partial charge in [-0.2, -0.15) is 0 Å². The topological polar surface area (TPSA) is 20.2 Å². The molecule has 10 fully saturated rings. The Morgan fingerprint density at radius 2 is 1.00 bits per heavy atom. The molecule has 10 saturated carbocycles. The van der Waals surface area contributed by atoms with Crippen molar-refractivity contribution in [2.45, 2.75) is 18.4 Å². The Labute approximate surface area is 124 Å². The molecular formula is C20H22O. The van der Waals surface area contributed by atoms with E-state index in [1.54, 1.807) is 0 Å². The molecule has 108 valence electrons. The van der Waals surface area contributed by atoms with Gasteiger partial charge in [0.25, 0.3) is 0 Å². The lowest BCUT2D eigenvalue weighted by atomic mass is 9.68. The predicted molar refractivity (Wildman–Crippen MR) is 73.5 cm³/mol. The Morgan fingerprint density at radius 3 is 1.57 bits per heavy atom. The van der Waals surface area contributed by atoms with Gasteiger partial charge in [-0.25, -0.2) is 0 Å². The summed E-state index contributed by atoms with van der Waals surface area (Å²) in [6, 6.07) is 0. The Hall–Kier alpha value is -0.0400. The normalized spacial score (nSPS) is 99.0. The summed E-state index contributed by atoms with van der Waals surface area (Å²) in [6.45, 7) is 0. The highest BCUT2D eigenvalue weighted by atomic mass is 16.3. The van der Waals surface area contributed by atoms with E-state index in [1.165, 1.54) is 36.5 Å². The largest absolute Gasteiger partial charge is 0.389 e. The molecule has 10 rings (SSSR count). The highest BCUT2D eigenvalue weighted by Gasteiger charge is 2.95. The van der Waals surface area contributed by atoms with Crippen LogP contribution in [0.1, 0.15) is 12.8 Å². The summed E-state index contributed by atoms with van der Waals surface area (Å²) in [7, 11) is 0. The number of rotatable bonds is 0. The van der Waals surface area contributed by atoms with E-state index in [-0.39, 0.29) is 5.60 Å². The molecule has 0 saturated heterocycles. The lowest BCUT2D eigenvalue weighted by Crippen LogP contribution is -2.46. The number of fused-ring (bicyclic) bond motifs is 4. The van der Waals surface area contributed by atoms with Crippen molar-refractivity contribution in [1.29, 1.82) is 0 Å². The first kappa shape index (κ1) is 9.30. The van der Waals surface area contributed by atoms with E-state index in [0.29, 0.717) is 0 Å². The lowest BCUT2D eigenvalue weighted by Gasteiger charge is -2.41. The molecule has 0 aromatic rings. The summed E-state index contributed by atoms with van der Waals surface area (Å²) in [5.41, 5.74) is -0.136. The van der Waals surface area contributed by atoms with Crippen molar-refractivity contribution in [3.05, 3.63) is 0 Å². The molecule has 0 heterocycles. The van der Waals surface area contributed by atoms with Gasteiger partial charge < -0.3 is 5.11 Å². The zero-order chi connectivity index (χ0) is 12.7. The van der Waals surface area contributed by atoms with E-state index in [1.807, 2.05) is 0 Å². The van der Waals surface area contributed by atoms with Gasteiger partial charge in [0, 0.05) is 0 Å². The van der Waals surface area contributed by atoms with Crippen molar-refractivity contribution in [3.8, 4) is 0 Å². The van der Waals surface area contributed by atoms with Gasteiger partial charge in [-0.15, -0.1) is 0 Å². The van der Waals surface area contributed by atoms with Gasteiger partial charge in [0.2, 0.25) is 0 Å². The monoisotopic (exact) mass is 278 g/mol. The second kappa shape index (κ2) is 2.06. The van der Waals surface area contributed by atoms with Crippen LogP contribution in [0.2, 0.25) is 0 Å². The highest BCUT2D eigenvalue weighted by Crippen LogP contribution is 2.97. The summed E-state index contributed by atoms with van der Waals surface area (Å²) < 4.78 is 0. The van der Waals surface area contributed by atoms with Gasteiger partial charge in [-0.05, 0) is 113 Å². The maximum atomic E-state index is 12.1. The van der Waals surface area contributed by atoms with Gasteiger partial charge in [0.05, 0.1) is 5.60 Å². The molecule has 18 atom stereocenters. The van der Waals surface area contributed by atoms with Gasteiger partial charge >= 0.3 is 0 Å².